The molecule has 1 N–H and O–H groups in total. The largest absolute Gasteiger partial charge is 0.306 e. The zero-order chi connectivity index (χ0) is 13.0. The van der Waals surface area contributed by atoms with Crippen molar-refractivity contribution in [1.82, 2.24) is 5.32 Å². The number of nitrogens with one attached hydrogen (secondary N) is 1. The van der Waals surface area contributed by atoms with Crippen LogP contribution in [-0.4, -0.2) is 18.1 Å². The fourth-order valence-corrected chi connectivity index (χ4v) is 3.68. The lowest BCUT2D eigenvalue weighted by atomic mass is 9.81. The van der Waals surface area contributed by atoms with Gasteiger partial charge in [-0.05, 0) is 42.6 Å². The molecule has 0 aliphatic heterocycles. The highest BCUT2D eigenvalue weighted by molar-refractivity contribution is 7.98. The predicted octanol–water partition coefficient (Wildman–Crippen LogP) is 4.36. The molecule has 1 aliphatic rings. The Hall–Kier alpha value is -0.470. The SMILES string of the molecule is CCC(CSC)NC1CCC(C)c2ccccc21. The Bertz CT molecular complexity index is 377. The molecule has 1 aliphatic carbocycles. The van der Waals surface area contributed by atoms with E-state index in [0.29, 0.717) is 12.1 Å². The summed E-state index contributed by atoms with van der Waals surface area (Å²) >= 11 is 1.94. The molecule has 0 aromatic heterocycles. The van der Waals surface area contributed by atoms with Gasteiger partial charge in [0.05, 0.1) is 0 Å². The summed E-state index contributed by atoms with van der Waals surface area (Å²) in [5.74, 6) is 1.94. The number of thioether (sulfide) groups is 1. The number of hydrogen-bond acceptors (Lipinski definition) is 2. The van der Waals surface area contributed by atoms with Gasteiger partial charge in [0.15, 0.2) is 0 Å². The third-order valence-electron chi connectivity index (χ3n) is 4.09. The van der Waals surface area contributed by atoms with Gasteiger partial charge in [-0.3, -0.25) is 0 Å². The van der Waals surface area contributed by atoms with Gasteiger partial charge in [-0.25, -0.2) is 0 Å². The molecule has 3 atom stereocenters. The Morgan fingerprint density at radius 2 is 2.00 bits per heavy atom. The minimum atomic E-state index is 0.564. The first-order valence-electron chi connectivity index (χ1n) is 7.10. The molecular weight excluding hydrogens is 238 g/mol. The smallest absolute Gasteiger partial charge is 0.0326 e. The molecule has 0 spiro atoms. The summed E-state index contributed by atoms with van der Waals surface area (Å²) in [7, 11) is 0. The van der Waals surface area contributed by atoms with Crippen molar-refractivity contribution in [3.8, 4) is 0 Å². The average Bonchev–Trinajstić information content (AvgIpc) is 2.41. The van der Waals surface area contributed by atoms with Crippen LogP contribution in [0.1, 0.15) is 56.2 Å². The average molecular weight is 263 g/mol. The maximum Gasteiger partial charge on any atom is 0.0326 e. The molecule has 0 bridgehead atoms. The van der Waals surface area contributed by atoms with E-state index >= 15 is 0 Å². The van der Waals surface area contributed by atoms with Crippen LogP contribution in [0.15, 0.2) is 24.3 Å². The van der Waals surface area contributed by atoms with E-state index in [1.807, 2.05) is 11.8 Å². The van der Waals surface area contributed by atoms with Crippen molar-refractivity contribution in [3.63, 3.8) is 0 Å². The molecule has 0 saturated heterocycles. The summed E-state index contributed by atoms with van der Waals surface area (Å²) in [5, 5.41) is 3.86. The maximum atomic E-state index is 3.86. The Labute approximate surface area is 116 Å². The third kappa shape index (κ3) is 3.10. The second kappa shape index (κ2) is 6.63. The van der Waals surface area contributed by atoms with Crippen molar-refractivity contribution in [1.29, 1.82) is 0 Å². The van der Waals surface area contributed by atoms with Gasteiger partial charge >= 0.3 is 0 Å². The normalized spacial score (nSPS) is 24.6. The molecule has 100 valence electrons. The van der Waals surface area contributed by atoms with Gasteiger partial charge in [-0.2, -0.15) is 11.8 Å². The summed E-state index contributed by atoms with van der Waals surface area (Å²) in [6.45, 7) is 4.64. The molecule has 1 aromatic rings. The fourth-order valence-electron chi connectivity index (χ4n) is 2.95. The van der Waals surface area contributed by atoms with E-state index in [2.05, 4.69) is 49.7 Å². The first-order valence-corrected chi connectivity index (χ1v) is 8.49. The molecule has 2 heteroatoms. The second-order valence-corrected chi connectivity index (χ2v) is 6.30. The molecule has 0 radical (unpaired) electrons. The molecule has 0 saturated carbocycles. The van der Waals surface area contributed by atoms with Crippen molar-refractivity contribution >= 4 is 11.8 Å². The van der Waals surface area contributed by atoms with E-state index < -0.39 is 0 Å². The van der Waals surface area contributed by atoms with Crippen LogP contribution in [0.25, 0.3) is 0 Å². The van der Waals surface area contributed by atoms with Crippen LogP contribution in [0.5, 0.6) is 0 Å². The zero-order valence-corrected chi connectivity index (χ0v) is 12.6. The summed E-state index contributed by atoms with van der Waals surface area (Å²) in [6, 6.07) is 10.2. The van der Waals surface area contributed by atoms with E-state index in [9.17, 15) is 0 Å². The lowest BCUT2D eigenvalue weighted by Gasteiger charge is -2.33. The summed E-state index contributed by atoms with van der Waals surface area (Å²) in [4.78, 5) is 0. The minimum Gasteiger partial charge on any atom is -0.306 e. The van der Waals surface area contributed by atoms with Crippen molar-refractivity contribution in [3.05, 3.63) is 35.4 Å². The highest BCUT2D eigenvalue weighted by Crippen LogP contribution is 2.37. The Balaban J connectivity index is 2.13. The van der Waals surface area contributed by atoms with Gasteiger partial charge in [0.2, 0.25) is 0 Å². The molecular formula is C16H25NS. The standard InChI is InChI=1S/C16H25NS/c1-4-13(11-18-3)17-16-10-9-12(2)14-7-5-6-8-15(14)16/h5-8,12-13,16-17H,4,9-11H2,1-3H3. The van der Waals surface area contributed by atoms with Gasteiger partial charge in [0.25, 0.3) is 0 Å². The summed E-state index contributed by atoms with van der Waals surface area (Å²) in [6.07, 6.45) is 6.00. The van der Waals surface area contributed by atoms with Gasteiger partial charge < -0.3 is 5.32 Å². The molecule has 18 heavy (non-hydrogen) atoms. The molecule has 3 unspecified atom stereocenters. The minimum absolute atomic E-state index is 0.564. The van der Waals surface area contributed by atoms with E-state index in [-0.39, 0.29) is 0 Å². The van der Waals surface area contributed by atoms with Crippen LogP contribution < -0.4 is 5.32 Å². The van der Waals surface area contributed by atoms with Crippen molar-refractivity contribution in [2.75, 3.05) is 12.0 Å². The van der Waals surface area contributed by atoms with Crippen LogP contribution in [0.3, 0.4) is 0 Å². The number of rotatable bonds is 5. The van der Waals surface area contributed by atoms with Gasteiger partial charge in [-0.15, -0.1) is 0 Å². The Morgan fingerprint density at radius 3 is 2.67 bits per heavy atom. The molecule has 0 fully saturated rings. The molecule has 1 aromatic carbocycles. The Morgan fingerprint density at radius 1 is 1.28 bits per heavy atom. The maximum absolute atomic E-state index is 3.86. The van der Waals surface area contributed by atoms with E-state index in [1.54, 1.807) is 5.56 Å². The number of hydrogen-bond donors (Lipinski definition) is 1. The first-order chi connectivity index (χ1) is 8.76. The van der Waals surface area contributed by atoms with Crippen molar-refractivity contribution < 1.29 is 0 Å². The highest BCUT2D eigenvalue weighted by atomic mass is 32.2. The van der Waals surface area contributed by atoms with Crippen LogP contribution in [0.2, 0.25) is 0 Å². The molecule has 0 heterocycles. The third-order valence-corrected chi connectivity index (χ3v) is 4.82. The van der Waals surface area contributed by atoms with E-state index in [0.717, 1.165) is 5.92 Å². The molecule has 1 nitrogen and oxygen atoms in total. The highest BCUT2D eigenvalue weighted by Gasteiger charge is 2.25. The molecule has 2 rings (SSSR count). The summed E-state index contributed by atoms with van der Waals surface area (Å²) in [5.41, 5.74) is 3.09. The monoisotopic (exact) mass is 263 g/mol. The number of fused-ring (bicyclic) bond motifs is 1. The van der Waals surface area contributed by atoms with Crippen LogP contribution >= 0.6 is 11.8 Å². The summed E-state index contributed by atoms with van der Waals surface area (Å²) < 4.78 is 0. The van der Waals surface area contributed by atoms with Gasteiger partial charge in [-0.1, -0.05) is 38.1 Å². The van der Waals surface area contributed by atoms with Crippen LogP contribution in [0, 0.1) is 0 Å². The van der Waals surface area contributed by atoms with Gasteiger partial charge in [0, 0.05) is 17.8 Å². The first kappa shape index (κ1) is 14.0. The van der Waals surface area contributed by atoms with Crippen LogP contribution in [0.4, 0.5) is 0 Å². The second-order valence-electron chi connectivity index (χ2n) is 5.39. The number of benzene rings is 1. The van der Waals surface area contributed by atoms with Gasteiger partial charge in [0.1, 0.15) is 0 Å². The lowest BCUT2D eigenvalue weighted by Crippen LogP contribution is -2.36. The van der Waals surface area contributed by atoms with E-state index in [1.165, 1.54) is 30.6 Å². The van der Waals surface area contributed by atoms with Crippen molar-refractivity contribution in [2.45, 2.75) is 51.1 Å². The van der Waals surface area contributed by atoms with E-state index in [4.69, 9.17) is 0 Å². The predicted molar refractivity (Wildman–Crippen MR) is 82.4 cm³/mol. The zero-order valence-electron chi connectivity index (χ0n) is 11.8. The van der Waals surface area contributed by atoms with Crippen LogP contribution in [-0.2, 0) is 0 Å². The van der Waals surface area contributed by atoms with Crippen molar-refractivity contribution in [2.24, 2.45) is 0 Å². The fraction of sp³-hybridized carbons (Fsp3) is 0.625. The molecule has 0 amide bonds. The Kier molecular flexibility index (Phi) is 5.13. The topological polar surface area (TPSA) is 12.0 Å². The quantitative estimate of drug-likeness (QED) is 0.847. The lowest BCUT2D eigenvalue weighted by molar-refractivity contribution is 0.389.